The number of rotatable bonds is 1. The highest BCUT2D eigenvalue weighted by molar-refractivity contribution is 9.10. The number of imide groups is 1. The van der Waals surface area contributed by atoms with Gasteiger partial charge in [-0.25, -0.2) is 23.9 Å². The smallest absolute Gasteiger partial charge is 0.419 e. The van der Waals surface area contributed by atoms with Crippen molar-refractivity contribution in [1.29, 1.82) is 0 Å². The fourth-order valence-electron chi connectivity index (χ4n) is 3.09. The number of hydrogen-bond acceptors (Lipinski definition) is 4. The van der Waals surface area contributed by atoms with E-state index in [9.17, 15) is 14.0 Å². The van der Waals surface area contributed by atoms with Crippen molar-refractivity contribution in [2.45, 2.75) is 45.3 Å². The van der Waals surface area contributed by atoms with Crippen molar-refractivity contribution >= 4 is 28.1 Å². The number of carbonyl (C=O) groups is 2. The molecule has 0 saturated heterocycles. The molecule has 0 N–H and O–H groups in total. The fourth-order valence-corrected chi connectivity index (χ4v) is 3.45. The molecule has 6 nitrogen and oxygen atoms in total. The fraction of sp³-hybridized carbons (Fsp3) is 0.389. The summed E-state index contributed by atoms with van der Waals surface area (Å²) < 4.78 is 22.0. The molecule has 0 bridgehead atoms. The molecule has 2 aromatic rings. The normalized spacial score (nSPS) is 20.1. The molecular weight excluding hydrogens is 405 g/mol. The van der Waals surface area contributed by atoms with Crippen LogP contribution in [0.25, 0.3) is 0 Å². The van der Waals surface area contributed by atoms with E-state index in [1.165, 1.54) is 17.0 Å². The van der Waals surface area contributed by atoms with Crippen molar-refractivity contribution in [1.82, 2.24) is 14.5 Å². The van der Waals surface area contributed by atoms with Gasteiger partial charge in [0.2, 0.25) is 0 Å². The third-order valence-corrected chi connectivity index (χ3v) is 4.71. The van der Waals surface area contributed by atoms with Crippen LogP contribution in [0.15, 0.2) is 35.2 Å². The molecule has 1 unspecified atom stereocenters. The van der Waals surface area contributed by atoms with Crippen LogP contribution < -0.4 is 0 Å². The molecule has 0 fully saturated rings. The predicted molar refractivity (Wildman–Crippen MR) is 96.3 cm³/mol. The number of imidazole rings is 1. The lowest BCUT2D eigenvalue weighted by molar-refractivity contribution is 0.00832. The Hall–Kier alpha value is -2.22. The summed E-state index contributed by atoms with van der Waals surface area (Å²) in [5.74, 6) is -0.509. The number of fused-ring (bicyclic) bond motifs is 1. The minimum atomic E-state index is -1.26. The quantitative estimate of drug-likeness (QED) is 0.678. The maximum atomic E-state index is 14.7. The lowest BCUT2D eigenvalue weighted by Crippen LogP contribution is -2.58. The molecule has 1 aliphatic heterocycles. The summed E-state index contributed by atoms with van der Waals surface area (Å²) in [6.45, 7) is 6.77. The zero-order valence-electron chi connectivity index (χ0n) is 14.9. The minimum absolute atomic E-state index is 0.214. The van der Waals surface area contributed by atoms with E-state index < -0.39 is 29.1 Å². The van der Waals surface area contributed by atoms with Gasteiger partial charge in [-0.15, -0.1) is 0 Å². The van der Waals surface area contributed by atoms with Crippen LogP contribution in [0.1, 0.15) is 39.0 Å². The summed E-state index contributed by atoms with van der Waals surface area (Å²) in [6, 6.07) is 3.81. The number of benzene rings is 1. The molecule has 3 rings (SSSR count). The average molecular weight is 424 g/mol. The van der Waals surface area contributed by atoms with Crippen LogP contribution in [0.5, 0.6) is 0 Å². The average Bonchev–Trinajstić information content (AvgIpc) is 2.96. The van der Waals surface area contributed by atoms with Gasteiger partial charge in [-0.3, -0.25) is 4.57 Å². The van der Waals surface area contributed by atoms with Crippen LogP contribution in [0.2, 0.25) is 0 Å². The van der Waals surface area contributed by atoms with Crippen molar-refractivity contribution in [2.24, 2.45) is 0 Å². The van der Waals surface area contributed by atoms with Gasteiger partial charge in [-0.05, 0) is 45.9 Å². The van der Waals surface area contributed by atoms with Gasteiger partial charge >= 0.3 is 12.1 Å². The second-order valence-corrected chi connectivity index (χ2v) is 8.34. The molecule has 0 radical (unpaired) electrons. The first-order valence-corrected chi connectivity index (χ1v) is 8.86. The van der Waals surface area contributed by atoms with E-state index in [2.05, 4.69) is 20.9 Å². The number of ether oxygens (including phenoxy) is 1. The number of aromatic nitrogens is 2. The Labute approximate surface area is 159 Å². The van der Waals surface area contributed by atoms with Crippen LogP contribution in [0.3, 0.4) is 0 Å². The lowest BCUT2D eigenvalue weighted by atomic mass is 9.84. The maximum absolute atomic E-state index is 14.7. The minimum Gasteiger partial charge on any atom is -0.443 e. The van der Waals surface area contributed by atoms with Gasteiger partial charge in [-0.1, -0.05) is 15.9 Å². The first-order chi connectivity index (χ1) is 12.0. The molecule has 1 aliphatic rings. The second kappa shape index (κ2) is 6.19. The summed E-state index contributed by atoms with van der Waals surface area (Å²) in [5, 5.41) is 0. The highest BCUT2D eigenvalue weighted by Crippen LogP contribution is 2.39. The molecule has 0 saturated carbocycles. The standard InChI is InChI=1S/C18H19BrFN3O3/c1-17(2,3)26-16(25)23-15(24)22-10-21-9-12(22)8-18(23,4)13-7-11(19)5-6-14(13)20/h5-7,9-10H,8H2,1-4H3. The Bertz CT molecular complexity index is 890. The van der Waals surface area contributed by atoms with E-state index in [0.29, 0.717) is 10.2 Å². The highest BCUT2D eigenvalue weighted by atomic mass is 79.9. The van der Waals surface area contributed by atoms with Gasteiger partial charge in [0.15, 0.2) is 0 Å². The predicted octanol–water partition coefficient (Wildman–Crippen LogP) is 4.46. The van der Waals surface area contributed by atoms with E-state index in [0.717, 1.165) is 4.90 Å². The lowest BCUT2D eigenvalue weighted by Gasteiger charge is -2.43. The topological polar surface area (TPSA) is 64.4 Å². The third-order valence-electron chi connectivity index (χ3n) is 4.22. The monoisotopic (exact) mass is 423 g/mol. The van der Waals surface area contributed by atoms with E-state index in [4.69, 9.17) is 4.74 Å². The molecular formula is C18H19BrFN3O3. The summed E-state index contributed by atoms with van der Waals surface area (Å²) in [7, 11) is 0. The SMILES string of the molecule is CC(C)(C)OC(=O)N1C(=O)n2cncc2CC1(C)c1cc(Br)ccc1F. The molecule has 0 spiro atoms. The highest BCUT2D eigenvalue weighted by Gasteiger charge is 2.49. The van der Waals surface area contributed by atoms with E-state index >= 15 is 0 Å². The Morgan fingerprint density at radius 3 is 2.73 bits per heavy atom. The van der Waals surface area contributed by atoms with E-state index in [1.54, 1.807) is 46.0 Å². The number of carbonyl (C=O) groups excluding carboxylic acids is 2. The maximum Gasteiger partial charge on any atom is 0.419 e. The molecule has 1 atom stereocenters. The van der Waals surface area contributed by atoms with Crippen LogP contribution in [0.4, 0.5) is 14.0 Å². The summed E-state index contributed by atoms with van der Waals surface area (Å²) in [4.78, 5) is 30.8. The van der Waals surface area contributed by atoms with Gasteiger partial charge in [0.1, 0.15) is 17.7 Å². The number of hydrogen-bond donors (Lipinski definition) is 0. The van der Waals surface area contributed by atoms with Crippen LogP contribution >= 0.6 is 15.9 Å². The van der Waals surface area contributed by atoms with Gasteiger partial charge in [0.05, 0.1) is 5.54 Å². The van der Waals surface area contributed by atoms with E-state index in [1.807, 2.05) is 0 Å². The van der Waals surface area contributed by atoms with Crippen LogP contribution in [0, 0.1) is 5.82 Å². The summed E-state index contributed by atoms with van der Waals surface area (Å²) >= 11 is 3.33. The molecule has 8 heteroatoms. The third kappa shape index (κ3) is 3.13. The van der Waals surface area contributed by atoms with Crippen molar-refractivity contribution in [2.75, 3.05) is 0 Å². The molecule has 26 heavy (non-hydrogen) atoms. The van der Waals surface area contributed by atoms with Gasteiger partial charge in [-0.2, -0.15) is 0 Å². The van der Waals surface area contributed by atoms with Crippen molar-refractivity contribution in [3.05, 3.63) is 52.3 Å². The Morgan fingerprint density at radius 2 is 2.08 bits per heavy atom. The number of nitrogens with zero attached hydrogens (tertiary/aromatic N) is 3. The van der Waals surface area contributed by atoms with Crippen LogP contribution in [-0.4, -0.2) is 32.2 Å². The molecule has 2 heterocycles. The second-order valence-electron chi connectivity index (χ2n) is 7.43. The van der Waals surface area contributed by atoms with E-state index in [-0.39, 0.29) is 12.0 Å². The molecule has 0 aliphatic carbocycles. The number of halogens is 2. The Balaban J connectivity index is 2.18. The van der Waals surface area contributed by atoms with Gasteiger partial charge < -0.3 is 4.74 Å². The summed E-state index contributed by atoms with van der Waals surface area (Å²) in [5.41, 5.74) is -1.25. The van der Waals surface area contributed by atoms with Crippen molar-refractivity contribution in [3.8, 4) is 0 Å². The Morgan fingerprint density at radius 1 is 1.38 bits per heavy atom. The molecule has 1 aromatic carbocycles. The molecule has 138 valence electrons. The van der Waals surface area contributed by atoms with Crippen molar-refractivity contribution in [3.63, 3.8) is 0 Å². The zero-order chi connectivity index (χ0) is 19.3. The Kier molecular flexibility index (Phi) is 4.42. The van der Waals surface area contributed by atoms with Crippen molar-refractivity contribution < 1.29 is 18.7 Å². The number of amides is 2. The first-order valence-electron chi connectivity index (χ1n) is 8.07. The van der Waals surface area contributed by atoms with Crippen LogP contribution in [-0.2, 0) is 16.7 Å². The molecule has 2 amide bonds. The van der Waals surface area contributed by atoms with Gasteiger partial charge in [0.25, 0.3) is 0 Å². The van der Waals surface area contributed by atoms with Gasteiger partial charge in [0, 0.05) is 28.3 Å². The zero-order valence-corrected chi connectivity index (χ0v) is 16.5. The molecule has 1 aromatic heterocycles. The largest absolute Gasteiger partial charge is 0.443 e. The summed E-state index contributed by atoms with van der Waals surface area (Å²) in [6.07, 6.45) is 2.26. The first kappa shape index (κ1) is 18.6.